The predicted octanol–water partition coefficient (Wildman–Crippen LogP) is 1.29. The minimum absolute atomic E-state index is 0.0135. The number of carbonyl (C=O) groups is 1. The molecule has 1 aromatic heterocycles. The molecule has 0 unspecified atom stereocenters. The van der Waals surface area contributed by atoms with Gasteiger partial charge in [0.15, 0.2) is 0 Å². The van der Waals surface area contributed by atoms with Gasteiger partial charge in [-0.25, -0.2) is 9.48 Å². The Balaban J connectivity index is 1.85. The van der Waals surface area contributed by atoms with Crippen molar-refractivity contribution in [3.63, 3.8) is 0 Å². The molecule has 3 rings (SSSR count). The summed E-state index contributed by atoms with van der Waals surface area (Å²) in [5, 5.41) is 4.30. The third-order valence-electron chi connectivity index (χ3n) is 4.13. The van der Waals surface area contributed by atoms with Crippen molar-refractivity contribution < 1.29 is 4.79 Å². The van der Waals surface area contributed by atoms with Crippen molar-refractivity contribution in [3.8, 4) is 0 Å². The van der Waals surface area contributed by atoms with E-state index in [0.29, 0.717) is 11.8 Å². The molecule has 0 spiro atoms. The summed E-state index contributed by atoms with van der Waals surface area (Å²) in [6.45, 7) is 2.82. The summed E-state index contributed by atoms with van der Waals surface area (Å²) in [4.78, 5) is 26.5. The van der Waals surface area contributed by atoms with E-state index in [1.165, 1.54) is 15.6 Å². The summed E-state index contributed by atoms with van der Waals surface area (Å²) in [5.41, 5.74) is 0.864. The standard InChI is InChI=1S/C16H20N4O2S/c1-12-15(13-6-4-3-5-7-13)19(8-9-23-12)14(21)10-20-16(22)18(2)11-17-20/h3-7,11-12,15H,8-10H2,1-2H3/t12-,15-/m0/s1. The Kier molecular flexibility index (Phi) is 4.56. The molecule has 0 saturated carbocycles. The molecule has 0 aliphatic carbocycles. The topological polar surface area (TPSA) is 60.1 Å². The van der Waals surface area contributed by atoms with Gasteiger partial charge in [-0.1, -0.05) is 37.3 Å². The first-order valence-electron chi connectivity index (χ1n) is 7.62. The fraction of sp³-hybridized carbons (Fsp3) is 0.438. The Morgan fingerprint density at radius 3 is 2.74 bits per heavy atom. The van der Waals surface area contributed by atoms with E-state index in [4.69, 9.17) is 0 Å². The van der Waals surface area contributed by atoms with Gasteiger partial charge in [0.05, 0.1) is 6.04 Å². The lowest BCUT2D eigenvalue weighted by molar-refractivity contribution is -0.134. The van der Waals surface area contributed by atoms with Crippen LogP contribution >= 0.6 is 11.8 Å². The molecule has 1 aromatic carbocycles. The largest absolute Gasteiger partial charge is 0.345 e. The second-order valence-corrected chi connectivity index (χ2v) is 7.19. The SMILES string of the molecule is C[C@@H]1SCCN(C(=O)Cn2ncn(C)c2=O)[C@@H]1c1ccccc1. The van der Waals surface area contributed by atoms with Crippen molar-refractivity contribution in [3.05, 3.63) is 52.7 Å². The van der Waals surface area contributed by atoms with Crippen LogP contribution < -0.4 is 5.69 Å². The monoisotopic (exact) mass is 332 g/mol. The average Bonchev–Trinajstić information content (AvgIpc) is 2.87. The quantitative estimate of drug-likeness (QED) is 0.850. The van der Waals surface area contributed by atoms with Crippen LogP contribution in [0.15, 0.2) is 41.5 Å². The maximum atomic E-state index is 12.8. The zero-order valence-electron chi connectivity index (χ0n) is 13.3. The number of aryl methyl sites for hydroxylation is 1. The molecule has 6 nitrogen and oxygen atoms in total. The third-order valence-corrected chi connectivity index (χ3v) is 5.33. The van der Waals surface area contributed by atoms with Crippen molar-refractivity contribution >= 4 is 17.7 Å². The normalized spacial score (nSPS) is 21.4. The lowest BCUT2D eigenvalue weighted by atomic mass is 10.0. The van der Waals surface area contributed by atoms with E-state index in [2.05, 4.69) is 24.2 Å². The molecule has 2 atom stereocenters. The fourth-order valence-electron chi connectivity index (χ4n) is 2.95. The van der Waals surface area contributed by atoms with Crippen LogP contribution in [-0.2, 0) is 18.4 Å². The lowest BCUT2D eigenvalue weighted by Gasteiger charge is -2.40. The van der Waals surface area contributed by atoms with Crippen LogP contribution in [0.1, 0.15) is 18.5 Å². The Hall–Kier alpha value is -2.02. The van der Waals surface area contributed by atoms with Gasteiger partial charge in [-0.05, 0) is 5.56 Å². The van der Waals surface area contributed by atoms with Gasteiger partial charge < -0.3 is 4.90 Å². The molecule has 122 valence electrons. The van der Waals surface area contributed by atoms with Crippen molar-refractivity contribution in [1.82, 2.24) is 19.2 Å². The number of rotatable bonds is 3. The van der Waals surface area contributed by atoms with Crippen molar-refractivity contribution in [1.29, 1.82) is 0 Å². The van der Waals surface area contributed by atoms with Gasteiger partial charge in [-0.2, -0.15) is 16.9 Å². The van der Waals surface area contributed by atoms with Crippen molar-refractivity contribution in [2.75, 3.05) is 12.3 Å². The smallest absolute Gasteiger partial charge is 0.332 e. The summed E-state index contributed by atoms with van der Waals surface area (Å²) in [5.74, 6) is 0.847. The van der Waals surface area contributed by atoms with Crippen LogP contribution in [0.3, 0.4) is 0 Å². The second-order valence-electron chi connectivity index (χ2n) is 5.70. The first kappa shape index (κ1) is 15.9. The number of amides is 1. The van der Waals surface area contributed by atoms with E-state index in [0.717, 1.165) is 11.3 Å². The van der Waals surface area contributed by atoms with Gasteiger partial charge in [0.2, 0.25) is 5.91 Å². The number of thioether (sulfide) groups is 1. The van der Waals surface area contributed by atoms with E-state index >= 15 is 0 Å². The molecule has 1 fully saturated rings. The van der Waals surface area contributed by atoms with Gasteiger partial charge in [0, 0.05) is 24.6 Å². The van der Waals surface area contributed by atoms with Crippen LogP contribution in [0.5, 0.6) is 0 Å². The van der Waals surface area contributed by atoms with Gasteiger partial charge in [-0.3, -0.25) is 9.36 Å². The van der Waals surface area contributed by atoms with Gasteiger partial charge >= 0.3 is 5.69 Å². The first-order valence-corrected chi connectivity index (χ1v) is 8.67. The van der Waals surface area contributed by atoms with Crippen molar-refractivity contribution in [2.45, 2.75) is 24.8 Å². The molecule has 7 heteroatoms. The molecular weight excluding hydrogens is 312 g/mol. The summed E-state index contributed by atoms with van der Waals surface area (Å²) >= 11 is 1.87. The lowest BCUT2D eigenvalue weighted by Crippen LogP contribution is -2.46. The molecular formula is C16H20N4O2S. The zero-order valence-corrected chi connectivity index (χ0v) is 14.1. The molecule has 2 aromatic rings. The second kappa shape index (κ2) is 6.62. The first-order chi connectivity index (χ1) is 11.1. The maximum absolute atomic E-state index is 12.8. The number of nitrogens with zero attached hydrogens (tertiary/aromatic N) is 4. The number of carbonyl (C=O) groups excluding carboxylic acids is 1. The molecule has 1 amide bonds. The summed E-state index contributed by atoms with van der Waals surface area (Å²) in [6.07, 6.45) is 1.43. The Bertz CT molecular complexity index is 740. The highest BCUT2D eigenvalue weighted by Gasteiger charge is 2.33. The summed E-state index contributed by atoms with van der Waals surface area (Å²) in [6, 6.07) is 10.1. The number of hydrogen-bond donors (Lipinski definition) is 0. The highest BCUT2D eigenvalue weighted by molar-refractivity contribution is 8.00. The predicted molar refractivity (Wildman–Crippen MR) is 90.3 cm³/mol. The molecule has 1 aliphatic heterocycles. The molecule has 2 heterocycles. The molecule has 0 N–H and O–H groups in total. The molecule has 23 heavy (non-hydrogen) atoms. The fourth-order valence-corrected chi connectivity index (χ4v) is 4.11. The van der Waals surface area contributed by atoms with Gasteiger partial charge in [0.1, 0.15) is 12.9 Å². The molecule has 0 bridgehead atoms. The highest BCUT2D eigenvalue weighted by atomic mass is 32.2. The number of aromatic nitrogens is 3. The average molecular weight is 332 g/mol. The Morgan fingerprint density at radius 1 is 1.35 bits per heavy atom. The zero-order chi connectivity index (χ0) is 16.4. The van der Waals surface area contributed by atoms with E-state index in [-0.39, 0.29) is 24.2 Å². The van der Waals surface area contributed by atoms with Gasteiger partial charge in [0.25, 0.3) is 0 Å². The van der Waals surface area contributed by atoms with E-state index in [9.17, 15) is 9.59 Å². The number of hydrogen-bond acceptors (Lipinski definition) is 4. The third kappa shape index (κ3) is 3.19. The maximum Gasteiger partial charge on any atom is 0.345 e. The Morgan fingerprint density at radius 2 is 2.09 bits per heavy atom. The number of benzene rings is 1. The minimum Gasteiger partial charge on any atom is -0.332 e. The van der Waals surface area contributed by atoms with Crippen molar-refractivity contribution in [2.24, 2.45) is 7.05 Å². The Labute approximate surface area is 139 Å². The van der Waals surface area contributed by atoms with Crippen LogP contribution in [0.25, 0.3) is 0 Å². The summed E-state index contributed by atoms with van der Waals surface area (Å²) in [7, 11) is 1.63. The summed E-state index contributed by atoms with van der Waals surface area (Å²) < 4.78 is 2.59. The van der Waals surface area contributed by atoms with E-state index < -0.39 is 0 Å². The highest BCUT2D eigenvalue weighted by Crippen LogP contribution is 2.35. The molecule has 0 radical (unpaired) electrons. The molecule has 1 saturated heterocycles. The van der Waals surface area contributed by atoms with E-state index in [1.807, 2.05) is 34.9 Å². The van der Waals surface area contributed by atoms with E-state index in [1.54, 1.807) is 7.05 Å². The van der Waals surface area contributed by atoms with Crippen LogP contribution in [0.2, 0.25) is 0 Å². The van der Waals surface area contributed by atoms with Crippen LogP contribution in [0.4, 0.5) is 0 Å². The van der Waals surface area contributed by atoms with Crippen LogP contribution in [0, 0.1) is 0 Å². The molecule has 1 aliphatic rings. The minimum atomic E-state index is -0.269. The van der Waals surface area contributed by atoms with Gasteiger partial charge in [-0.15, -0.1) is 0 Å². The van der Waals surface area contributed by atoms with Crippen LogP contribution in [-0.4, -0.2) is 42.7 Å².